The lowest BCUT2D eigenvalue weighted by Gasteiger charge is -2.16. The molecule has 2 aromatic carbocycles. The number of carbonyl (C=O) groups is 2. The number of hydrogen-bond donors (Lipinski definition) is 1. The van der Waals surface area contributed by atoms with Crippen molar-refractivity contribution in [1.29, 1.82) is 0 Å². The van der Waals surface area contributed by atoms with Crippen molar-refractivity contribution in [2.75, 3.05) is 18.4 Å². The number of benzene rings is 2. The van der Waals surface area contributed by atoms with Crippen LogP contribution in [-0.2, 0) is 16.1 Å². The van der Waals surface area contributed by atoms with Crippen molar-refractivity contribution >= 4 is 33.6 Å². The monoisotopic (exact) mass is 402 g/mol. The Kier molecular flexibility index (Phi) is 5.71. The minimum absolute atomic E-state index is 0.0688. The van der Waals surface area contributed by atoms with Crippen molar-refractivity contribution in [1.82, 2.24) is 4.90 Å². The molecule has 0 radical (unpaired) electrons. The second-order valence-corrected chi connectivity index (χ2v) is 6.88. The molecule has 0 saturated carbocycles. The van der Waals surface area contributed by atoms with E-state index in [1.807, 2.05) is 54.6 Å². The Hall–Kier alpha value is -2.34. The molecule has 0 aliphatic carbocycles. The lowest BCUT2D eigenvalue weighted by molar-refractivity contribution is -0.119. The fourth-order valence-electron chi connectivity index (χ4n) is 2.73. The van der Waals surface area contributed by atoms with Crippen molar-refractivity contribution in [2.45, 2.75) is 13.0 Å². The molecule has 0 bridgehead atoms. The molecule has 1 N–H and O–H groups in total. The third-order valence-corrected chi connectivity index (χ3v) is 4.66. The predicted octanol–water partition coefficient (Wildman–Crippen LogP) is 4.05. The van der Waals surface area contributed by atoms with Gasteiger partial charge in [-0.25, -0.2) is 4.79 Å². The highest BCUT2D eigenvalue weighted by atomic mass is 79.9. The number of amides is 2. The molecular formula is C19H19BrN2O3. The van der Waals surface area contributed by atoms with Crippen LogP contribution in [0.2, 0.25) is 0 Å². The number of halogens is 1. The second kappa shape index (κ2) is 8.16. The Morgan fingerprint density at radius 1 is 1.12 bits per heavy atom. The topological polar surface area (TPSA) is 58.6 Å². The van der Waals surface area contributed by atoms with Gasteiger partial charge < -0.3 is 15.0 Å². The average molecular weight is 403 g/mol. The highest BCUT2D eigenvalue weighted by Gasteiger charge is 2.31. The molecule has 1 atom stereocenters. The minimum Gasteiger partial charge on any atom is -0.445 e. The van der Waals surface area contributed by atoms with Crippen LogP contribution in [0, 0.1) is 5.92 Å². The molecule has 0 aromatic heterocycles. The number of carbonyl (C=O) groups excluding carboxylic acids is 2. The summed E-state index contributed by atoms with van der Waals surface area (Å²) in [7, 11) is 0. The maximum atomic E-state index is 12.3. The SMILES string of the molecule is O=C(Nc1ccc(Br)cc1)C1CCN(C(=O)OCc2ccccc2)C1. The number of anilines is 1. The lowest BCUT2D eigenvalue weighted by atomic mass is 10.1. The van der Waals surface area contributed by atoms with Gasteiger partial charge in [-0.15, -0.1) is 0 Å². The van der Waals surface area contributed by atoms with Crippen molar-refractivity contribution < 1.29 is 14.3 Å². The smallest absolute Gasteiger partial charge is 0.410 e. The van der Waals surface area contributed by atoms with E-state index in [-0.39, 0.29) is 24.5 Å². The molecule has 25 heavy (non-hydrogen) atoms. The van der Waals surface area contributed by atoms with E-state index in [2.05, 4.69) is 21.2 Å². The molecule has 5 nitrogen and oxygen atoms in total. The van der Waals surface area contributed by atoms with Gasteiger partial charge in [-0.3, -0.25) is 4.79 Å². The first kappa shape index (κ1) is 17.5. The van der Waals surface area contributed by atoms with Crippen LogP contribution in [0.3, 0.4) is 0 Å². The van der Waals surface area contributed by atoms with Gasteiger partial charge in [-0.1, -0.05) is 46.3 Å². The van der Waals surface area contributed by atoms with E-state index in [9.17, 15) is 9.59 Å². The van der Waals surface area contributed by atoms with Gasteiger partial charge in [0, 0.05) is 23.2 Å². The van der Waals surface area contributed by atoms with Gasteiger partial charge in [0.15, 0.2) is 0 Å². The Bertz CT molecular complexity index is 734. The van der Waals surface area contributed by atoms with Crippen molar-refractivity contribution in [3.63, 3.8) is 0 Å². The number of rotatable bonds is 4. The van der Waals surface area contributed by atoms with Gasteiger partial charge in [-0.2, -0.15) is 0 Å². The third kappa shape index (κ3) is 4.82. The number of hydrogen-bond acceptors (Lipinski definition) is 3. The first-order chi connectivity index (χ1) is 12.1. The first-order valence-corrected chi connectivity index (χ1v) is 8.93. The number of nitrogens with one attached hydrogen (secondary N) is 1. The zero-order chi connectivity index (χ0) is 17.6. The Balaban J connectivity index is 1.48. The molecule has 6 heteroatoms. The van der Waals surface area contributed by atoms with Gasteiger partial charge in [-0.05, 0) is 36.2 Å². The summed E-state index contributed by atoms with van der Waals surface area (Å²) >= 11 is 3.36. The van der Waals surface area contributed by atoms with Gasteiger partial charge in [0.2, 0.25) is 5.91 Å². The standard InChI is InChI=1S/C19H19BrN2O3/c20-16-6-8-17(9-7-16)21-18(23)15-10-11-22(12-15)19(24)25-13-14-4-2-1-3-5-14/h1-9,15H,10-13H2,(H,21,23). The zero-order valence-corrected chi connectivity index (χ0v) is 15.2. The summed E-state index contributed by atoms with van der Waals surface area (Å²) in [5.74, 6) is -0.284. The third-order valence-electron chi connectivity index (χ3n) is 4.13. The summed E-state index contributed by atoms with van der Waals surface area (Å²) in [5, 5.41) is 2.89. The Morgan fingerprint density at radius 3 is 2.56 bits per heavy atom. The molecular weight excluding hydrogens is 384 g/mol. The molecule has 2 amide bonds. The van der Waals surface area contributed by atoms with Crippen LogP contribution in [0.1, 0.15) is 12.0 Å². The van der Waals surface area contributed by atoms with Gasteiger partial charge in [0.1, 0.15) is 6.61 Å². The van der Waals surface area contributed by atoms with Gasteiger partial charge >= 0.3 is 6.09 Å². The molecule has 1 aliphatic rings. The highest BCUT2D eigenvalue weighted by Crippen LogP contribution is 2.21. The quantitative estimate of drug-likeness (QED) is 0.838. The molecule has 1 saturated heterocycles. The second-order valence-electron chi connectivity index (χ2n) is 5.97. The normalized spacial score (nSPS) is 16.5. The Labute approximate surface area is 155 Å². The summed E-state index contributed by atoms with van der Waals surface area (Å²) < 4.78 is 6.28. The van der Waals surface area contributed by atoms with E-state index in [1.165, 1.54) is 0 Å². The van der Waals surface area contributed by atoms with E-state index in [0.29, 0.717) is 19.5 Å². The van der Waals surface area contributed by atoms with Crippen LogP contribution in [0.5, 0.6) is 0 Å². The predicted molar refractivity (Wildman–Crippen MR) is 99.1 cm³/mol. The zero-order valence-electron chi connectivity index (χ0n) is 13.7. The molecule has 3 rings (SSSR count). The van der Waals surface area contributed by atoms with Crippen LogP contribution in [0.4, 0.5) is 10.5 Å². The molecule has 130 valence electrons. The van der Waals surface area contributed by atoms with E-state index in [0.717, 1.165) is 15.7 Å². The van der Waals surface area contributed by atoms with Crippen LogP contribution in [-0.4, -0.2) is 30.0 Å². The Morgan fingerprint density at radius 2 is 1.84 bits per heavy atom. The van der Waals surface area contributed by atoms with Crippen molar-refractivity contribution in [2.24, 2.45) is 5.92 Å². The van der Waals surface area contributed by atoms with E-state index >= 15 is 0 Å². The van der Waals surface area contributed by atoms with Crippen LogP contribution in [0.15, 0.2) is 59.1 Å². The number of ether oxygens (including phenoxy) is 1. The fraction of sp³-hybridized carbons (Fsp3) is 0.263. The molecule has 1 aliphatic heterocycles. The summed E-state index contributed by atoms with van der Waals surface area (Å²) in [4.78, 5) is 26.1. The summed E-state index contributed by atoms with van der Waals surface area (Å²) in [6, 6.07) is 17.0. The molecule has 1 heterocycles. The van der Waals surface area contributed by atoms with E-state index in [1.54, 1.807) is 4.90 Å². The van der Waals surface area contributed by atoms with Crippen LogP contribution >= 0.6 is 15.9 Å². The van der Waals surface area contributed by atoms with E-state index < -0.39 is 0 Å². The van der Waals surface area contributed by atoms with Gasteiger partial charge in [0.25, 0.3) is 0 Å². The minimum atomic E-state index is -0.372. The number of likely N-dealkylation sites (tertiary alicyclic amines) is 1. The van der Waals surface area contributed by atoms with Crippen molar-refractivity contribution in [3.05, 3.63) is 64.6 Å². The van der Waals surface area contributed by atoms with Crippen molar-refractivity contribution in [3.8, 4) is 0 Å². The fourth-order valence-corrected chi connectivity index (χ4v) is 2.99. The first-order valence-electron chi connectivity index (χ1n) is 8.14. The summed E-state index contributed by atoms with van der Waals surface area (Å²) in [5.41, 5.74) is 1.69. The largest absolute Gasteiger partial charge is 0.445 e. The molecule has 0 spiro atoms. The molecule has 2 aromatic rings. The highest BCUT2D eigenvalue weighted by molar-refractivity contribution is 9.10. The lowest BCUT2D eigenvalue weighted by Crippen LogP contribution is -2.31. The molecule has 1 fully saturated rings. The van der Waals surface area contributed by atoms with Gasteiger partial charge in [0.05, 0.1) is 5.92 Å². The van der Waals surface area contributed by atoms with E-state index in [4.69, 9.17) is 4.74 Å². The maximum absolute atomic E-state index is 12.3. The summed E-state index contributed by atoms with van der Waals surface area (Å²) in [6.45, 7) is 1.16. The summed E-state index contributed by atoms with van der Waals surface area (Å²) in [6.07, 6.45) is 0.269. The van der Waals surface area contributed by atoms with Crippen LogP contribution < -0.4 is 5.32 Å². The average Bonchev–Trinajstić information content (AvgIpc) is 3.13. The van der Waals surface area contributed by atoms with Crippen LogP contribution in [0.25, 0.3) is 0 Å². The number of nitrogens with zero attached hydrogens (tertiary/aromatic N) is 1. The maximum Gasteiger partial charge on any atom is 0.410 e. The molecule has 1 unspecified atom stereocenters.